The van der Waals surface area contributed by atoms with Gasteiger partial charge in [-0.25, -0.2) is 17.8 Å². The van der Waals surface area contributed by atoms with Gasteiger partial charge in [-0.05, 0) is 24.6 Å². The second-order valence-electron chi connectivity index (χ2n) is 5.31. The van der Waals surface area contributed by atoms with E-state index in [0.717, 1.165) is 0 Å². The molecule has 0 atom stereocenters. The van der Waals surface area contributed by atoms with Gasteiger partial charge in [-0.15, -0.1) is 0 Å². The van der Waals surface area contributed by atoms with Crippen molar-refractivity contribution in [3.8, 4) is 5.75 Å². The summed E-state index contributed by atoms with van der Waals surface area (Å²) in [6.07, 6.45) is 3.02. The number of benzene rings is 1. The molecule has 0 saturated heterocycles. The lowest BCUT2D eigenvalue weighted by atomic mass is 10.2. The number of aromatic carboxylic acids is 1. The van der Waals surface area contributed by atoms with Crippen molar-refractivity contribution in [3.05, 3.63) is 47.8 Å². The van der Waals surface area contributed by atoms with E-state index in [1.54, 1.807) is 25.3 Å². The average molecular weight is 351 g/mol. The molecule has 7 nitrogen and oxygen atoms in total. The normalized spacial score (nSPS) is 11.2. The number of aryl methyl sites for hydroxylation is 2. The predicted molar refractivity (Wildman–Crippen MR) is 87.8 cm³/mol. The Hall–Kier alpha value is -2.61. The molecule has 1 aromatic heterocycles. The lowest BCUT2D eigenvalue weighted by molar-refractivity contribution is -0.692. The Balaban J connectivity index is 2.26. The average Bonchev–Trinajstić information content (AvgIpc) is 2.53. The maximum absolute atomic E-state index is 12.6. The molecule has 2 rings (SSSR count). The molecule has 1 aromatic carbocycles. The number of methoxy groups -OCH3 is 1. The second-order valence-corrected chi connectivity index (χ2v) is 7.39. The van der Waals surface area contributed by atoms with Crippen LogP contribution >= 0.6 is 0 Å². The first-order chi connectivity index (χ1) is 11.2. The van der Waals surface area contributed by atoms with E-state index >= 15 is 0 Å². The van der Waals surface area contributed by atoms with Gasteiger partial charge >= 0.3 is 5.97 Å². The quantitative estimate of drug-likeness (QED) is 0.594. The van der Waals surface area contributed by atoms with E-state index in [4.69, 9.17) is 15.6 Å². The van der Waals surface area contributed by atoms with Gasteiger partial charge in [-0.1, -0.05) is 0 Å². The standard InChI is InChI=1S/C16H18N2O5S/c1-11-8-13(17)14(23-2)9-15(11)24(21,22)7-6-18-5-3-4-12(10-18)16(19)20/h3-5,8-10H,6-7,17H2,1-2H3/p+1. The van der Waals surface area contributed by atoms with E-state index in [1.807, 2.05) is 0 Å². The second kappa shape index (κ2) is 6.88. The Kier molecular flexibility index (Phi) is 5.08. The summed E-state index contributed by atoms with van der Waals surface area (Å²) in [5, 5.41) is 8.98. The minimum Gasteiger partial charge on any atom is -0.495 e. The summed E-state index contributed by atoms with van der Waals surface area (Å²) in [5.41, 5.74) is 6.78. The summed E-state index contributed by atoms with van der Waals surface area (Å²) < 4.78 is 31.8. The lowest BCUT2D eigenvalue weighted by Gasteiger charge is -2.11. The van der Waals surface area contributed by atoms with E-state index in [2.05, 4.69) is 0 Å². The molecular formula is C16H19N2O5S+. The molecule has 0 saturated carbocycles. The number of nitrogen functional groups attached to an aromatic ring is 1. The van der Waals surface area contributed by atoms with Crippen molar-refractivity contribution in [1.82, 2.24) is 0 Å². The number of hydrogen-bond donors (Lipinski definition) is 2. The zero-order valence-corrected chi connectivity index (χ0v) is 14.2. The third-order valence-corrected chi connectivity index (χ3v) is 5.42. The molecule has 1 heterocycles. The number of aromatic nitrogens is 1. The molecule has 0 radical (unpaired) electrons. The molecule has 0 bridgehead atoms. The van der Waals surface area contributed by atoms with E-state index < -0.39 is 15.8 Å². The summed E-state index contributed by atoms with van der Waals surface area (Å²) >= 11 is 0. The number of pyridine rings is 1. The van der Waals surface area contributed by atoms with Crippen LogP contribution in [-0.4, -0.2) is 32.4 Å². The molecule has 2 aromatic rings. The van der Waals surface area contributed by atoms with Gasteiger partial charge in [0.1, 0.15) is 17.1 Å². The molecule has 0 fully saturated rings. The summed E-state index contributed by atoms with van der Waals surface area (Å²) in [4.78, 5) is 11.1. The van der Waals surface area contributed by atoms with Gasteiger partial charge in [0, 0.05) is 12.1 Å². The third kappa shape index (κ3) is 3.83. The predicted octanol–water partition coefficient (Wildman–Crippen LogP) is 1.05. The van der Waals surface area contributed by atoms with E-state index in [0.29, 0.717) is 17.0 Å². The first kappa shape index (κ1) is 17.7. The minimum absolute atomic E-state index is 0.0974. The smallest absolute Gasteiger partial charge is 0.341 e. The van der Waals surface area contributed by atoms with Gasteiger partial charge in [0.25, 0.3) is 0 Å². The number of ether oxygens (including phenoxy) is 1. The highest BCUT2D eigenvalue weighted by atomic mass is 32.2. The van der Waals surface area contributed by atoms with E-state index in [-0.39, 0.29) is 22.8 Å². The van der Waals surface area contributed by atoms with E-state index in [1.165, 1.54) is 30.0 Å². The lowest BCUT2D eigenvalue weighted by Crippen LogP contribution is -2.37. The Bertz CT molecular complexity index is 878. The van der Waals surface area contributed by atoms with Gasteiger partial charge in [-0.3, -0.25) is 0 Å². The largest absolute Gasteiger partial charge is 0.495 e. The number of nitrogens with two attached hydrogens (primary N) is 1. The van der Waals surface area contributed by atoms with Gasteiger partial charge in [0.2, 0.25) is 0 Å². The molecule has 0 amide bonds. The summed E-state index contributed by atoms with van der Waals surface area (Å²) in [6.45, 7) is 1.80. The Morgan fingerprint density at radius 1 is 1.38 bits per heavy atom. The highest BCUT2D eigenvalue weighted by Gasteiger charge is 2.21. The monoisotopic (exact) mass is 351 g/mol. The van der Waals surface area contributed by atoms with Crippen LogP contribution in [0.1, 0.15) is 15.9 Å². The first-order valence-corrected chi connectivity index (χ1v) is 8.79. The van der Waals surface area contributed by atoms with E-state index in [9.17, 15) is 13.2 Å². The van der Waals surface area contributed by atoms with Crippen molar-refractivity contribution in [2.45, 2.75) is 18.4 Å². The van der Waals surface area contributed by atoms with Crippen LogP contribution in [-0.2, 0) is 16.4 Å². The van der Waals surface area contributed by atoms with Crippen molar-refractivity contribution < 1.29 is 27.6 Å². The number of nitrogens with zero attached hydrogens (tertiary/aromatic N) is 1. The fourth-order valence-corrected chi connectivity index (χ4v) is 3.83. The Labute approximate surface area is 140 Å². The Morgan fingerprint density at radius 2 is 2.08 bits per heavy atom. The maximum atomic E-state index is 12.6. The number of anilines is 1. The molecule has 8 heteroatoms. The van der Waals surface area contributed by atoms with Crippen molar-refractivity contribution in [1.29, 1.82) is 0 Å². The molecule has 0 spiro atoms. The highest BCUT2D eigenvalue weighted by Crippen LogP contribution is 2.28. The van der Waals surface area contributed by atoms with Crippen LogP contribution in [0.15, 0.2) is 41.6 Å². The fourth-order valence-electron chi connectivity index (χ4n) is 2.33. The van der Waals surface area contributed by atoms with Gasteiger partial charge < -0.3 is 15.6 Å². The minimum atomic E-state index is -3.58. The van der Waals surface area contributed by atoms with Crippen LogP contribution in [0.25, 0.3) is 0 Å². The number of rotatable bonds is 6. The molecule has 0 unspecified atom stereocenters. The van der Waals surface area contributed by atoms with Gasteiger partial charge in [0.05, 0.1) is 17.7 Å². The number of carboxylic acids is 1. The third-order valence-electron chi connectivity index (χ3n) is 3.59. The highest BCUT2D eigenvalue weighted by molar-refractivity contribution is 7.91. The van der Waals surface area contributed by atoms with Crippen molar-refractivity contribution in [2.24, 2.45) is 0 Å². The molecular weight excluding hydrogens is 332 g/mol. The van der Waals surface area contributed by atoms with Crippen LogP contribution in [0, 0.1) is 6.92 Å². The SMILES string of the molecule is COc1cc(S(=O)(=O)CC[n+]2cccc(C(=O)O)c2)c(C)cc1N. The van der Waals surface area contributed by atoms with Crippen LogP contribution in [0.5, 0.6) is 5.75 Å². The molecule has 24 heavy (non-hydrogen) atoms. The number of carbonyl (C=O) groups is 1. The summed E-state index contributed by atoms with van der Waals surface area (Å²) in [7, 11) is -2.15. The number of carboxylic acid groups (broad SMARTS) is 1. The van der Waals surface area contributed by atoms with Gasteiger partial charge in [0.15, 0.2) is 28.8 Å². The Morgan fingerprint density at radius 3 is 2.71 bits per heavy atom. The van der Waals surface area contributed by atoms with Crippen LogP contribution in [0.4, 0.5) is 5.69 Å². The maximum Gasteiger partial charge on any atom is 0.341 e. The van der Waals surface area contributed by atoms with Crippen LogP contribution < -0.4 is 15.0 Å². The summed E-state index contributed by atoms with van der Waals surface area (Å²) in [5.74, 6) is -0.930. The van der Waals surface area contributed by atoms with Crippen molar-refractivity contribution in [2.75, 3.05) is 18.6 Å². The molecule has 0 aliphatic heterocycles. The fraction of sp³-hybridized carbons (Fsp3) is 0.250. The molecule has 0 aliphatic rings. The zero-order valence-electron chi connectivity index (χ0n) is 13.4. The molecule has 3 N–H and O–H groups in total. The first-order valence-electron chi connectivity index (χ1n) is 7.14. The molecule has 0 aliphatic carbocycles. The molecule has 128 valence electrons. The van der Waals surface area contributed by atoms with Crippen LogP contribution in [0.2, 0.25) is 0 Å². The van der Waals surface area contributed by atoms with Crippen molar-refractivity contribution >= 4 is 21.5 Å². The number of sulfone groups is 1. The zero-order chi connectivity index (χ0) is 17.9. The summed E-state index contributed by atoms with van der Waals surface area (Å²) in [6, 6.07) is 5.98. The number of hydrogen-bond acceptors (Lipinski definition) is 5. The topological polar surface area (TPSA) is 111 Å². The van der Waals surface area contributed by atoms with Crippen molar-refractivity contribution in [3.63, 3.8) is 0 Å². The van der Waals surface area contributed by atoms with Crippen LogP contribution in [0.3, 0.4) is 0 Å². The van der Waals surface area contributed by atoms with Gasteiger partial charge in [-0.2, -0.15) is 0 Å².